The predicted octanol–water partition coefficient (Wildman–Crippen LogP) is 0.936. The number of carboxylic acid groups (broad SMARTS) is 1. The van der Waals surface area contributed by atoms with E-state index < -0.39 is 5.97 Å². The largest absolute Gasteiger partial charge is 0.475 e. The summed E-state index contributed by atoms with van der Waals surface area (Å²) in [4.78, 5) is 23.8. The molecule has 1 aromatic rings. The Morgan fingerprint density at radius 3 is 2.72 bits per heavy atom. The van der Waals surface area contributed by atoms with Crippen molar-refractivity contribution in [3.05, 3.63) is 23.7 Å². The predicted molar refractivity (Wildman–Crippen MR) is 65.3 cm³/mol. The van der Waals surface area contributed by atoms with Crippen molar-refractivity contribution in [3.63, 3.8) is 0 Å². The van der Waals surface area contributed by atoms with Crippen LogP contribution < -0.4 is 5.32 Å². The first-order valence-corrected chi connectivity index (χ1v) is 5.80. The molecule has 1 rings (SSSR count). The number of likely N-dealkylation sites (N-methyl/N-ethyl adjacent to an activating group) is 1. The maximum absolute atomic E-state index is 11.4. The van der Waals surface area contributed by atoms with Gasteiger partial charge in [-0.05, 0) is 25.6 Å². The van der Waals surface area contributed by atoms with Crippen LogP contribution in [0.25, 0.3) is 0 Å². The van der Waals surface area contributed by atoms with Crippen LogP contribution in [0, 0.1) is 0 Å². The molecule has 0 bridgehead atoms. The standard InChI is InChI=1S/C12H18N2O4/c1-3-6-13-11(15)8-14(2)7-9-4-5-10(18-9)12(16)17/h4-5H,3,6-8H2,1-2H3,(H,13,15)(H,16,17). The smallest absolute Gasteiger partial charge is 0.371 e. The molecule has 0 saturated heterocycles. The van der Waals surface area contributed by atoms with E-state index in [0.29, 0.717) is 18.8 Å². The normalized spacial score (nSPS) is 10.6. The average molecular weight is 254 g/mol. The Labute approximate surface area is 106 Å². The van der Waals surface area contributed by atoms with E-state index in [-0.39, 0.29) is 18.2 Å². The number of hydrogen-bond donors (Lipinski definition) is 2. The second-order valence-corrected chi connectivity index (χ2v) is 4.09. The Hall–Kier alpha value is -1.82. The third-order valence-electron chi connectivity index (χ3n) is 2.28. The summed E-state index contributed by atoms with van der Waals surface area (Å²) in [6.45, 7) is 3.30. The van der Waals surface area contributed by atoms with Crippen LogP contribution in [-0.2, 0) is 11.3 Å². The van der Waals surface area contributed by atoms with Gasteiger partial charge in [-0.1, -0.05) is 6.92 Å². The van der Waals surface area contributed by atoms with Crippen LogP contribution in [0.5, 0.6) is 0 Å². The van der Waals surface area contributed by atoms with Crippen LogP contribution in [0.4, 0.5) is 0 Å². The van der Waals surface area contributed by atoms with Crippen LogP contribution in [0.1, 0.15) is 29.7 Å². The van der Waals surface area contributed by atoms with Crippen molar-refractivity contribution in [3.8, 4) is 0 Å². The number of hydrogen-bond acceptors (Lipinski definition) is 4. The fourth-order valence-corrected chi connectivity index (χ4v) is 1.47. The minimum atomic E-state index is -1.09. The fraction of sp³-hybridized carbons (Fsp3) is 0.500. The van der Waals surface area contributed by atoms with E-state index >= 15 is 0 Å². The minimum absolute atomic E-state index is 0.0515. The van der Waals surface area contributed by atoms with Gasteiger partial charge in [-0.2, -0.15) is 0 Å². The van der Waals surface area contributed by atoms with Crippen molar-refractivity contribution in [1.29, 1.82) is 0 Å². The molecule has 0 spiro atoms. The Bertz CT molecular complexity index is 414. The van der Waals surface area contributed by atoms with Crippen molar-refractivity contribution in [2.75, 3.05) is 20.1 Å². The average Bonchev–Trinajstić information content (AvgIpc) is 2.74. The van der Waals surface area contributed by atoms with Crippen LogP contribution in [0.15, 0.2) is 16.5 Å². The zero-order chi connectivity index (χ0) is 13.5. The highest BCUT2D eigenvalue weighted by Crippen LogP contribution is 2.09. The molecule has 0 radical (unpaired) electrons. The Balaban J connectivity index is 2.41. The van der Waals surface area contributed by atoms with Gasteiger partial charge in [0.2, 0.25) is 11.7 Å². The van der Waals surface area contributed by atoms with Crippen molar-refractivity contribution >= 4 is 11.9 Å². The first kappa shape index (κ1) is 14.2. The van der Waals surface area contributed by atoms with Gasteiger partial charge < -0.3 is 14.8 Å². The number of rotatable bonds is 7. The molecule has 0 atom stereocenters. The minimum Gasteiger partial charge on any atom is -0.475 e. The SMILES string of the molecule is CCCNC(=O)CN(C)Cc1ccc(C(=O)O)o1. The second kappa shape index (κ2) is 6.80. The number of furan rings is 1. The summed E-state index contributed by atoms with van der Waals surface area (Å²) in [5.41, 5.74) is 0. The lowest BCUT2D eigenvalue weighted by atomic mass is 10.4. The Morgan fingerprint density at radius 1 is 1.44 bits per heavy atom. The molecule has 6 heteroatoms. The fourth-order valence-electron chi connectivity index (χ4n) is 1.47. The summed E-state index contributed by atoms with van der Waals surface area (Å²) in [6, 6.07) is 3.01. The molecule has 0 unspecified atom stereocenters. The summed E-state index contributed by atoms with van der Waals surface area (Å²) in [7, 11) is 1.77. The first-order valence-electron chi connectivity index (χ1n) is 5.80. The van der Waals surface area contributed by atoms with Crippen LogP contribution in [-0.4, -0.2) is 42.0 Å². The molecule has 18 heavy (non-hydrogen) atoms. The molecule has 0 aliphatic heterocycles. The topological polar surface area (TPSA) is 82.8 Å². The van der Waals surface area contributed by atoms with E-state index in [1.165, 1.54) is 6.07 Å². The van der Waals surface area contributed by atoms with E-state index in [1.54, 1.807) is 18.0 Å². The molecule has 0 aliphatic carbocycles. The molecule has 0 saturated carbocycles. The van der Waals surface area contributed by atoms with Gasteiger partial charge in [0.1, 0.15) is 5.76 Å². The van der Waals surface area contributed by atoms with Gasteiger partial charge in [0.05, 0.1) is 13.1 Å². The molecule has 0 aliphatic rings. The van der Waals surface area contributed by atoms with Crippen LogP contribution >= 0.6 is 0 Å². The maximum atomic E-state index is 11.4. The zero-order valence-corrected chi connectivity index (χ0v) is 10.6. The number of nitrogens with one attached hydrogen (secondary N) is 1. The second-order valence-electron chi connectivity index (χ2n) is 4.09. The molecule has 100 valence electrons. The molecule has 1 amide bonds. The lowest BCUT2D eigenvalue weighted by Gasteiger charge is -2.14. The first-order chi connectivity index (χ1) is 8.52. The highest BCUT2D eigenvalue weighted by molar-refractivity contribution is 5.84. The number of carbonyl (C=O) groups is 2. The molecular formula is C12H18N2O4. The summed E-state index contributed by atoms with van der Waals surface area (Å²) in [5.74, 6) is -0.707. The molecule has 1 heterocycles. The van der Waals surface area contributed by atoms with Crippen LogP contribution in [0.2, 0.25) is 0 Å². The quantitative estimate of drug-likeness (QED) is 0.756. The van der Waals surface area contributed by atoms with Crippen molar-refractivity contribution < 1.29 is 19.1 Å². The molecule has 0 fully saturated rings. The van der Waals surface area contributed by atoms with Crippen molar-refractivity contribution in [1.82, 2.24) is 10.2 Å². The third kappa shape index (κ3) is 4.58. The molecule has 1 aromatic heterocycles. The van der Waals surface area contributed by atoms with Gasteiger partial charge in [-0.25, -0.2) is 4.79 Å². The number of carbonyl (C=O) groups excluding carboxylic acids is 1. The third-order valence-corrected chi connectivity index (χ3v) is 2.28. The summed E-state index contributed by atoms with van der Waals surface area (Å²) in [6.07, 6.45) is 0.898. The van der Waals surface area contributed by atoms with E-state index in [4.69, 9.17) is 9.52 Å². The van der Waals surface area contributed by atoms with Gasteiger partial charge in [-0.15, -0.1) is 0 Å². The number of aromatic carboxylic acids is 1. The highest BCUT2D eigenvalue weighted by atomic mass is 16.4. The van der Waals surface area contributed by atoms with Gasteiger partial charge in [0, 0.05) is 6.54 Å². The maximum Gasteiger partial charge on any atom is 0.371 e. The van der Waals surface area contributed by atoms with Crippen molar-refractivity contribution in [2.45, 2.75) is 19.9 Å². The molecule has 0 aromatic carbocycles. The Morgan fingerprint density at radius 2 is 2.17 bits per heavy atom. The lowest BCUT2D eigenvalue weighted by Crippen LogP contribution is -2.35. The van der Waals surface area contributed by atoms with E-state index in [2.05, 4.69) is 5.32 Å². The number of nitrogens with zero attached hydrogens (tertiary/aromatic N) is 1. The monoisotopic (exact) mass is 254 g/mol. The number of amides is 1. The van der Waals surface area contributed by atoms with E-state index in [0.717, 1.165) is 6.42 Å². The summed E-state index contributed by atoms with van der Waals surface area (Å²) >= 11 is 0. The molecular weight excluding hydrogens is 236 g/mol. The van der Waals surface area contributed by atoms with Crippen LogP contribution in [0.3, 0.4) is 0 Å². The van der Waals surface area contributed by atoms with E-state index in [1.807, 2.05) is 6.92 Å². The Kier molecular flexibility index (Phi) is 5.38. The van der Waals surface area contributed by atoms with Crippen molar-refractivity contribution in [2.24, 2.45) is 0 Å². The van der Waals surface area contributed by atoms with Gasteiger partial charge in [0.15, 0.2) is 0 Å². The summed E-state index contributed by atoms with van der Waals surface area (Å²) < 4.78 is 5.11. The van der Waals surface area contributed by atoms with E-state index in [9.17, 15) is 9.59 Å². The van der Waals surface area contributed by atoms with Gasteiger partial charge in [-0.3, -0.25) is 9.69 Å². The number of carboxylic acids is 1. The molecule has 6 nitrogen and oxygen atoms in total. The summed E-state index contributed by atoms with van der Waals surface area (Å²) in [5, 5.41) is 11.5. The lowest BCUT2D eigenvalue weighted by molar-refractivity contribution is -0.122. The zero-order valence-electron chi connectivity index (χ0n) is 10.6. The molecule has 2 N–H and O–H groups in total. The van der Waals surface area contributed by atoms with Gasteiger partial charge >= 0.3 is 5.97 Å². The van der Waals surface area contributed by atoms with Gasteiger partial charge in [0.25, 0.3) is 0 Å². The highest BCUT2D eigenvalue weighted by Gasteiger charge is 2.12.